The second-order valence-electron chi connectivity index (χ2n) is 3.89. The molecule has 0 saturated carbocycles. The van der Waals surface area contributed by atoms with E-state index in [9.17, 15) is 4.79 Å². The zero-order chi connectivity index (χ0) is 13.8. The summed E-state index contributed by atoms with van der Waals surface area (Å²) in [5, 5.41) is 16.1. The van der Waals surface area contributed by atoms with E-state index < -0.39 is 0 Å². The largest absolute Gasteiger partial charge is 0.494 e. The summed E-state index contributed by atoms with van der Waals surface area (Å²) in [6.07, 6.45) is 0. The third kappa shape index (κ3) is 2.62. The summed E-state index contributed by atoms with van der Waals surface area (Å²) in [4.78, 5) is 12.1. The van der Waals surface area contributed by atoms with Crippen LogP contribution in [0.3, 0.4) is 0 Å². The first-order valence-electron chi connectivity index (χ1n) is 5.60. The van der Waals surface area contributed by atoms with Crippen LogP contribution in [0.15, 0.2) is 18.2 Å². The number of amides is 1. The molecule has 1 unspecified atom stereocenters. The van der Waals surface area contributed by atoms with Crippen molar-refractivity contribution in [3.63, 3.8) is 0 Å². The number of hydrogen-bond donors (Lipinski definition) is 3. The molecule has 2 rings (SSSR count). The molecule has 0 spiro atoms. The summed E-state index contributed by atoms with van der Waals surface area (Å²) in [6.45, 7) is 1.75. The van der Waals surface area contributed by atoms with Gasteiger partial charge in [-0.2, -0.15) is 5.21 Å². The van der Waals surface area contributed by atoms with E-state index in [0.717, 1.165) is 0 Å². The predicted octanol–water partition coefficient (Wildman–Crippen LogP) is 0.281. The minimum atomic E-state index is -0.377. The maximum atomic E-state index is 12.1. The van der Waals surface area contributed by atoms with Crippen molar-refractivity contribution in [3.8, 4) is 5.75 Å². The fraction of sp³-hybridized carbons (Fsp3) is 0.273. The van der Waals surface area contributed by atoms with Gasteiger partial charge in [0.25, 0.3) is 5.91 Å². The van der Waals surface area contributed by atoms with Crippen molar-refractivity contribution in [2.45, 2.75) is 13.0 Å². The number of carbonyl (C=O) groups is 1. The van der Waals surface area contributed by atoms with Gasteiger partial charge in [0.2, 0.25) is 0 Å². The quantitative estimate of drug-likeness (QED) is 0.681. The fourth-order valence-corrected chi connectivity index (χ4v) is 1.65. The van der Waals surface area contributed by atoms with Gasteiger partial charge in [-0.15, -0.1) is 10.2 Å². The Morgan fingerprint density at radius 3 is 2.95 bits per heavy atom. The number of benzene rings is 1. The molecule has 0 bridgehead atoms. The molecule has 8 heteroatoms. The van der Waals surface area contributed by atoms with Crippen LogP contribution in [-0.4, -0.2) is 33.6 Å². The zero-order valence-corrected chi connectivity index (χ0v) is 10.5. The third-order valence-corrected chi connectivity index (χ3v) is 2.59. The maximum absolute atomic E-state index is 12.1. The van der Waals surface area contributed by atoms with Crippen LogP contribution in [0, 0.1) is 0 Å². The van der Waals surface area contributed by atoms with E-state index in [1.165, 1.54) is 7.11 Å². The van der Waals surface area contributed by atoms with Crippen molar-refractivity contribution >= 4 is 11.6 Å². The Labute approximate surface area is 109 Å². The number of tetrazole rings is 1. The van der Waals surface area contributed by atoms with E-state index in [1.54, 1.807) is 25.1 Å². The van der Waals surface area contributed by atoms with E-state index in [4.69, 9.17) is 10.5 Å². The molecule has 0 aliphatic rings. The van der Waals surface area contributed by atoms with E-state index in [2.05, 4.69) is 25.9 Å². The summed E-state index contributed by atoms with van der Waals surface area (Å²) in [7, 11) is 1.46. The molecule has 1 heterocycles. The third-order valence-electron chi connectivity index (χ3n) is 2.59. The standard InChI is InChI=1S/C11H14N6O2/c1-6(10-14-16-17-15-10)13-11(18)7-4-3-5-8(12)9(7)19-2/h3-6H,12H2,1-2H3,(H,13,18)(H,14,15,16,17). The highest BCUT2D eigenvalue weighted by molar-refractivity contribution is 5.98. The number of ether oxygens (including phenoxy) is 1. The van der Waals surface area contributed by atoms with Gasteiger partial charge < -0.3 is 15.8 Å². The molecule has 0 aliphatic carbocycles. The monoisotopic (exact) mass is 262 g/mol. The number of anilines is 1. The van der Waals surface area contributed by atoms with Crippen molar-refractivity contribution in [2.24, 2.45) is 0 Å². The van der Waals surface area contributed by atoms with Crippen molar-refractivity contribution < 1.29 is 9.53 Å². The summed E-state index contributed by atoms with van der Waals surface area (Å²) in [5.41, 5.74) is 6.51. The van der Waals surface area contributed by atoms with Crippen LogP contribution in [0.1, 0.15) is 29.1 Å². The summed E-state index contributed by atoms with van der Waals surface area (Å²) in [6, 6.07) is 4.61. The normalized spacial score (nSPS) is 11.9. The molecule has 4 N–H and O–H groups in total. The number of aromatic amines is 1. The van der Waals surface area contributed by atoms with Gasteiger partial charge in [-0.05, 0) is 19.1 Å². The number of rotatable bonds is 4. The van der Waals surface area contributed by atoms with Crippen LogP contribution in [0.2, 0.25) is 0 Å². The number of aromatic nitrogens is 4. The Balaban J connectivity index is 2.19. The molecule has 8 nitrogen and oxygen atoms in total. The molecule has 1 atom stereocenters. The van der Waals surface area contributed by atoms with Crippen LogP contribution < -0.4 is 15.8 Å². The van der Waals surface area contributed by atoms with Gasteiger partial charge in [0.1, 0.15) is 0 Å². The highest BCUT2D eigenvalue weighted by Crippen LogP contribution is 2.26. The Bertz CT molecular complexity index is 569. The van der Waals surface area contributed by atoms with Gasteiger partial charge >= 0.3 is 0 Å². The number of nitrogen functional groups attached to an aromatic ring is 1. The summed E-state index contributed by atoms with van der Waals surface area (Å²) in [5.74, 6) is 0.429. The van der Waals surface area contributed by atoms with E-state index in [-0.39, 0.29) is 11.9 Å². The first-order valence-corrected chi connectivity index (χ1v) is 5.60. The lowest BCUT2D eigenvalue weighted by atomic mass is 10.1. The molecule has 1 amide bonds. The SMILES string of the molecule is COc1c(N)cccc1C(=O)NC(C)c1nn[nH]n1. The Hall–Kier alpha value is -2.64. The van der Waals surface area contributed by atoms with Gasteiger partial charge in [0.15, 0.2) is 11.6 Å². The second-order valence-corrected chi connectivity index (χ2v) is 3.89. The molecule has 0 aliphatic heterocycles. The minimum absolute atomic E-state index is 0.318. The van der Waals surface area contributed by atoms with E-state index >= 15 is 0 Å². The molecule has 0 fully saturated rings. The number of hydrogen-bond acceptors (Lipinski definition) is 6. The average Bonchev–Trinajstić information content (AvgIpc) is 2.92. The highest BCUT2D eigenvalue weighted by atomic mass is 16.5. The van der Waals surface area contributed by atoms with Gasteiger partial charge in [-0.25, -0.2) is 0 Å². The molecule has 19 heavy (non-hydrogen) atoms. The number of methoxy groups -OCH3 is 1. The number of H-pyrrole nitrogens is 1. The number of carbonyl (C=O) groups excluding carboxylic acids is 1. The summed E-state index contributed by atoms with van der Waals surface area (Å²) < 4.78 is 5.13. The topological polar surface area (TPSA) is 119 Å². The lowest BCUT2D eigenvalue weighted by Crippen LogP contribution is -2.28. The molecular formula is C11H14N6O2. The molecular weight excluding hydrogens is 248 g/mol. The Kier molecular flexibility index (Phi) is 3.60. The van der Waals surface area contributed by atoms with Gasteiger partial charge in [-0.1, -0.05) is 11.3 Å². The minimum Gasteiger partial charge on any atom is -0.494 e. The van der Waals surface area contributed by atoms with Crippen molar-refractivity contribution in [2.75, 3.05) is 12.8 Å². The second kappa shape index (κ2) is 5.34. The Morgan fingerprint density at radius 2 is 2.32 bits per heavy atom. The van der Waals surface area contributed by atoms with Crippen molar-refractivity contribution in [3.05, 3.63) is 29.6 Å². The van der Waals surface area contributed by atoms with Gasteiger partial charge in [0.05, 0.1) is 24.4 Å². The average molecular weight is 262 g/mol. The van der Waals surface area contributed by atoms with Crippen molar-refractivity contribution in [1.82, 2.24) is 25.9 Å². The van der Waals surface area contributed by atoms with Crippen LogP contribution in [0.5, 0.6) is 5.75 Å². The summed E-state index contributed by atoms with van der Waals surface area (Å²) >= 11 is 0. The number of nitrogens with zero attached hydrogens (tertiary/aromatic N) is 3. The van der Waals surface area contributed by atoms with Crippen LogP contribution in [0.25, 0.3) is 0 Å². The van der Waals surface area contributed by atoms with Crippen molar-refractivity contribution in [1.29, 1.82) is 0 Å². The van der Waals surface area contributed by atoms with Crippen LogP contribution in [0.4, 0.5) is 5.69 Å². The molecule has 1 aromatic carbocycles. The first-order chi connectivity index (χ1) is 9.13. The lowest BCUT2D eigenvalue weighted by molar-refractivity contribution is 0.0935. The number of nitrogens with one attached hydrogen (secondary N) is 2. The number of nitrogens with two attached hydrogens (primary N) is 1. The van der Waals surface area contributed by atoms with E-state index in [0.29, 0.717) is 22.8 Å². The Morgan fingerprint density at radius 1 is 1.53 bits per heavy atom. The smallest absolute Gasteiger partial charge is 0.255 e. The van der Waals surface area contributed by atoms with Gasteiger partial charge in [-0.3, -0.25) is 4.79 Å². The molecule has 0 saturated heterocycles. The molecule has 2 aromatic rings. The van der Waals surface area contributed by atoms with Crippen LogP contribution in [-0.2, 0) is 0 Å². The lowest BCUT2D eigenvalue weighted by Gasteiger charge is -2.13. The molecule has 100 valence electrons. The van der Waals surface area contributed by atoms with E-state index in [1.807, 2.05) is 0 Å². The molecule has 1 aromatic heterocycles. The first kappa shape index (κ1) is 12.8. The highest BCUT2D eigenvalue weighted by Gasteiger charge is 2.18. The maximum Gasteiger partial charge on any atom is 0.255 e. The zero-order valence-electron chi connectivity index (χ0n) is 10.5. The number of para-hydroxylation sites is 1. The van der Waals surface area contributed by atoms with Gasteiger partial charge in [0, 0.05) is 0 Å². The van der Waals surface area contributed by atoms with Crippen LogP contribution >= 0.6 is 0 Å². The fourth-order valence-electron chi connectivity index (χ4n) is 1.65. The molecule has 0 radical (unpaired) electrons. The predicted molar refractivity (Wildman–Crippen MR) is 67.5 cm³/mol.